The Morgan fingerprint density at radius 3 is 2.93 bits per heavy atom. The fourth-order valence-corrected chi connectivity index (χ4v) is 2.94. The fraction of sp³-hybridized carbons (Fsp3) is 0.500. The van der Waals surface area contributed by atoms with Crippen molar-refractivity contribution < 1.29 is 0 Å². The van der Waals surface area contributed by atoms with Gasteiger partial charge in [0.05, 0.1) is 12.3 Å². The first-order valence-corrected chi connectivity index (χ1v) is 6.02. The highest BCUT2D eigenvalue weighted by Crippen LogP contribution is 2.23. The van der Waals surface area contributed by atoms with E-state index in [4.69, 9.17) is 0 Å². The number of thiol groups is 1. The van der Waals surface area contributed by atoms with Crippen LogP contribution in [0.5, 0.6) is 0 Å². The Morgan fingerprint density at radius 1 is 1.50 bits per heavy atom. The van der Waals surface area contributed by atoms with E-state index in [0.29, 0.717) is 4.34 Å². The van der Waals surface area contributed by atoms with E-state index in [1.165, 1.54) is 11.3 Å². The molecule has 0 amide bonds. The molecule has 0 unspecified atom stereocenters. The van der Waals surface area contributed by atoms with E-state index in [1.54, 1.807) is 11.8 Å². The van der Waals surface area contributed by atoms with Crippen molar-refractivity contribution >= 4 is 54.0 Å². The molecule has 1 aliphatic heterocycles. The van der Waals surface area contributed by atoms with Crippen LogP contribution in [-0.2, 0) is 0 Å². The first-order valence-electron chi connectivity index (χ1n) is 3.77. The van der Waals surface area contributed by atoms with E-state index in [1.807, 2.05) is 0 Å². The van der Waals surface area contributed by atoms with Crippen molar-refractivity contribution in [2.24, 2.45) is 4.99 Å². The van der Waals surface area contributed by atoms with Crippen molar-refractivity contribution in [3.63, 3.8) is 0 Å². The molecular formula is C6H9ClN4S3. The van der Waals surface area contributed by atoms with Crippen molar-refractivity contribution in [3.8, 4) is 0 Å². The number of hydrogen-bond donors (Lipinski definition) is 2. The van der Waals surface area contributed by atoms with Gasteiger partial charge in [0.15, 0.2) is 8.68 Å². The van der Waals surface area contributed by atoms with Crippen molar-refractivity contribution in [3.05, 3.63) is 0 Å². The van der Waals surface area contributed by atoms with Crippen molar-refractivity contribution in [1.29, 1.82) is 0 Å². The van der Waals surface area contributed by atoms with E-state index in [9.17, 15) is 0 Å². The molecule has 8 heteroatoms. The molecule has 0 atom stereocenters. The molecule has 78 valence electrons. The maximum absolute atomic E-state index is 4.28. The van der Waals surface area contributed by atoms with Gasteiger partial charge in [0.25, 0.3) is 0 Å². The van der Waals surface area contributed by atoms with Crippen LogP contribution >= 0.6 is 48.1 Å². The summed E-state index contributed by atoms with van der Waals surface area (Å²) in [5, 5.41) is 11.0. The zero-order valence-corrected chi connectivity index (χ0v) is 10.5. The van der Waals surface area contributed by atoms with Crippen LogP contribution in [0.25, 0.3) is 0 Å². The number of nitrogens with zero attached hydrogens (tertiary/aromatic N) is 3. The largest absolute Gasteiger partial charge is 0.371 e. The second kappa shape index (κ2) is 5.79. The molecular weight excluding hydrogens is 260 g/mol. The highest BCUT2D eigenvalue weighted by molar-refractivity contribution is 8.01. The molecule has 1 aliphatic rings. The molecule has 4 nitrogen and oxygen atoms in total. The molecule has 0 bridgehead atoms. The second-order valence-electron chi connectivity index (χ2n) is 2.39. The summed E-state index contributed by atoms with van der Waals surface area (Å²) in [4.78, 5) is 4.28. The number of aliphatic imine (C=N–C) groups is 1. The number of aromatic nitrogens is 2. The van der Waals surface area contributed by atoms with Gasteiger partial charge in [-0.05, 0) is 0 Å². The van der Waals surface area contributed by atoms with Gasteiger partial charge in [-0.1, -0.05) is 23.1 Å². The van der Waals surface area contributed by atoms with Crippen LogP contribution in [0.1, 0.15) is 0 Å². The van der Waals surface area contributed by atoms with Gasteiger partial charge < -0.3 is 5.32 Å². The molecule has 1 aromatic heterocycles. The minimum absolute atomic E-state index is 0. The molecule has 0 spiro atoms. The third-order valence-electron chi connectivity index (χ3n) is 1.47. The molecule has 2 rings (SSSR count). The summed E-state index contributed by atoms with van der Waals surface area (Å²) < 4.78 is 1.66. The minimum Gasteiger partial charge on any atom is -0.371 e. The number of amidine groups is 1. The maximum Gasteiger partial charge on any atom is 0.175 e. The highest BCUT2D eigenvalue weighted by atomic mass is 35.5. The second-order valence-corrected chi connectivity index (χ2v) is 5.32. The van der Waals surface area contributed by atoms with Gasteiger partial charge in [-0.2, -0.15) is 0 Å². The molecule has 0 saturated carbocycles. The smallest absolute Gasteiger partial charge is 0.175 e. The lowest BCUT2D eigenvalue weighted by Gasteiger charge is -1.97. The summed E-state index contributed by atoms with van der Waals surface area (Å²) in [6, 6.07) is 0. The van der Waals surface area contributed by atoms with Crippen molar-refractivity contribution in [1.82, 2.24) is 15.5 Å². The van der Waals surface area contributed by atoms with Gasteiger partial charge in [-0.25, -0.2) is 0 Å². The van der Waals surface area contributed by atoms with Crippen LogP contribution in [0.4, 0.5) is 0 Å². The van der Waals surface area contributed by atoms with Gasteiger partial charge in [0, 0.05) is 6.54 Å². The number of thioether (sulfide) groups is 1. The molecule has 0 saturated heterocycles. The molecule has 0 fully saturated rings. The lowest BCUT2D eigenvalue weighted by atomic mass is 10.7. The normalized spacial score (nSPS) is 14.5. The number of rotatable bonds is 3. The van der Waals surface area contributed by atoms with E-state index in [2.05, 4.69) is 33.1 Å². The number of halogens is 1. The summed E-state index contributed by atoms with van der Waals surface area (Å²) in [6.45, 7) is 1.85. The SMILES string of the molecule is Cl.Sc1nnc(SCC2=NCCN2)s1. The van der Waals surface area contributed by atoms with Gasteiger partial charge in [-0.15, -0.1) is 35.2 Å². The Balaban J connectivity index is 0.000000980. The van der Waals surface area contributed by atoms with E-state index >= 15 is 0 Å². The molecule has 0 aliphatic carbocycles. The van der Waals surface area contributed by atoms with E-state index in [-0.39, 0.29) is 12.4 Å². The third-order valence-corrected chi connectivity index (χ3v) is 3.71. The van der Waals surface area contributed by atoms with Gasteiger partial charge in [0.1, 0.15) is 5.84 Å². The van der Waals surface area contributed by atoms with E-state index in [0.717, 1.165) is 29.0 Å². The first kappa shape index (κ1) is 12.1. The Labute approximate surface area is 102 Å². The topological polar surface area (TPSA) is 50.2 Å². The summed E-state index contributed by atoms with van der Waals surface area (Å²) in [5.41, 5.74) is 0. The maximum atomic E-state index is 4.28. The minimum atomic E-state index is 0. The molecule has 0 radical (unpaired) electrons. The number of nitrogens with one attached hydrogen (secondary N) is 1. The quantitative estimate of drug-likeness (QED) is 0.642. The molecule has 14 heavy (non-hydrogen) atoms. The van der Waals surface area contributed by atoms with Crippen LogP contribution in [0, 0.1) is 0 Å². The van der Waals surface area contributed by atoms with Gasteiger partial charge in [-0.3, -0.25) is 4.99 Å². The highest BCUT2D eigenvalue weighted by Gasteiger charge is 2.07. The zero-order chi connectivity index (χ0) is 9.10. The molecule has 0 aromatic carbocycles. The van der Waals surface area contributed by atoms with Crippen LogP contribution in [-0.4, -0.2) is 34.9 Å². The lowest BCUT2D eigenvalue weighted by Crippen LogP contribution is -2.20. The summed E-state index contributed by atoms with van der Waals surface area (Å²) in [5.74, 6) is 1.91. The predicted molar refractivity (Wildman–Crippen MR) is 65.4 cm³/mol. The van der Waals surface area contributed by atoms with Crippen LogP contribution in [0.15, 0.2) is 13.7 Å². The van der Waals surface area contributed by atoms with Gasteiger partial charge in [0.2, 0.25) is 0 Å². The van der Waals surface area contributed by atoms with Crippen LogP contribution in [0.2, 0.25) is 0 Å². The average Bonchev–Trinajstić information content (AvgIpc) is 2.71. The van der Waals surface area contributed by atoms with Crippen molar-refractivity contribution in [2.75, 3.05) is 18.8 Å². The van der Waals surface area contributed by atoms with Crippen LogP contribution in [0.3, 0.4) is 0 Å². The monoisotopic (exact) mass is 268 g/mol. The van der Waals surface area contributed by atoms with Gasteiger partial charge >= 0.3 is 0 Å². The Morgan fingerprint density at radius 2 is 2.36 bits per heavy atom. The summed E-state index contributed by atoms with van der Waals surface area (Å²) in [7, 11) is 0. The Bertz CT molecular complexity index is 327. The standard InChI is InChI=1S/C6H8N4S3.ClH/c11-5-9-10-6(13-5)12-3-4-7-1-2-8-4;/h1-3H2,(H,7,8)(H,9,11);1H. The number of hydrogen-bond acceptors (Lipinski definition) is 7. The van der Waals surface area contributed by atoms with Crippen molar-refractivity contribution in [2.45, 2.75) is 8.68 Å². The average molecular weight is 269 g/mol. The van der Waals surface area contributed by atoms with E-state index < -0.39 is 0 Å². The third kappa shape index (κ3) is 3.30. The Hall–Kier alpha value is 0.0200. The molecule has 2 heterocycles. The Kier molecular flexibility index (Phi) is 5.00. The zero-order valence-electron chi connectivity index (χ0n) is 7.13. The molecule has 1 N–H and O–H groups in total. The molecule has 1 aromatic rings. The fourth-order valence-electron chi connectivity index (χ4n) is 0.935. The lowest BCUT2D eigenvalue weighted by molar-refractivity contribution is 0.955. The van der Waals surface area contributed by atoms with Crippen LogP contribution < -0.4 is 5.32 Å². The predicted octanol–water partition coefficient (Wildman–Crippen LogP) is 1.34. The summed E-state index contributed by atoms with van der Waals surface area (Å²) in [6.07, 6.45) is 0. The first-order chi connectivity index (χ1) is 6.34. The summed E-state index contributed by atoms with van der Waals surface area (Å²) >= 11 is 7.23.